The molecule has 2 rings (SSSR count). The van der Waals surface area contributed by atoms with Crippen molar-refractivity contribution in [2.45, 2.75) is 51.2 Å². The Balaban J connectivity index is 1.92. The summed E-state index contributed by atoms with van der Waals surface area (Å²) in [5.41, 5.74) is 0.289. The van der Waals surface area contributed by atoms with Crippen LogP contribution in [0.15, 0.2) is 0 Å². The molecule has 2 aliphatic rings. The average molecular weight is 278 g/mol. The quantitative estimate of drug-likeness (QED) is 0.747. The number of nitrogens with zero attached hydrogens (tertiary/aromatic N) is 1. The Labute approximate surface area is 122 Å². The van der Waals surface area contributed by atoms with Crippen LogP contribution in [0.5, 0.6) is 0 Å². The van der Waals surface area contributed by atoms with Crippen LogP contribution in [0.1, 0.15) is 39.0 Å². The second-order valence-electron chi connectivity index (χ2n) is 6.03. The largest absolute Gasteiger partial charge is 0.378 e. The number of nitrogens with one attached hydrogen (secondary N) is 1. The molecule has 1 spiro atoms. The number of carbonyl (C=O) groups is 1. The Hall–Kier alpha value is -1.05. The number of amides is 1. The molecule has 1 amide bonds. The molecule has 0 bridgehead atoms. The Kier molecular flexibility index (Phi) is 5.06. The van der Waals surface area contributed by atoms with Crippen molar-refractivity contribution in [2.24, 2.45) is 5.41 Å². The first-order valence-electron chi connectivity index (χ1n) is 7.66. The fraction of sp³-hybridized carbons (Fsp3) is 0.812. The summed E-state index contributed by atoms with van der Waals surface area (Å²) in [4.78, 5) is 14.0. The van der Waals surface area contributed by atoms with Gasteiger partial charge >= 0.3 is 0 Å². The third-order valence-electron chi connectivity index (χ3n) is 4.96. The van der Waals surface area contributed by atoms with E-state index in [4.69, 9.17) is 11.2 Å². The number of rotatable bonds is 6. The number of carbonyl (C=O) groups excluding carboxylic acids is 1. The van der Waals surface area contributed by atoms with Gasteiger partial charge in [0.15, 0.2) is 0 Å². The monoisotopic (exact) mass is 278 g/mol. The van der Waals surface area contributed by atoms with Crippen LogP contribution in [0.25, 0.3) is 0 Å². The highest BCUT2D eigenvalue weighted by atomic mass is 16.5. The fourth-order valence-corrected chi connectivity index (χ4v) is 4.01. The standard InChI is InChI=1S/C16H26N2O2/c1-4-10-17-15(19)12-18(3)13-11-14(20-5-2)16(13)8-6-7-9-16/h1,13-14H,5-12H2,2-3H3,(H,17,19). The van der Waals surface area contributed by atoms with Gasteiger partial charge in [-0.05, 0) is 33.2 Å². The lowest BCUT2D eigenvalue weighted by molar-refractivity contribution is -0.163. The van der Waals surface area contributed by atoms with Crippen molar-refractivity contribution >= 4 is 5.91 Å². The fourth-order valence-electron chi connectivity index (χ4n) is 4.01. The maximum absolute atomic E-state index is 11.8. The van der Waals surface area contributed by atoms with E-state index >= 15 is 0 Å². The predicted octanol–water partition coefficient (Wildman–Crippen LogP) is 1.41. The topological polar surface area (TPSA) is 41.6 Å². The normalized spacial score (nSPS) is 27.3. The molecule has 112 valence electrons. The van der Waals surface area contributed by atoms with Crippen molar-refractivity contribution < 1.29 is 9.53 Å². The van der Waals surface area contributed by atoms with Crippen LogP contribution in [-0.2, 0) is 9.53 Å². The summed E-state index contributed by atoms with van der Waals surface area (Å²) in [5, 5.41) is 2.73. The molecule has 0 saturated heterocycles. The van der Waals surface area contributed by atoms with E-state index in [1.807, 2.05) is 7.05 Å². The van der Waals surface area contributed by atoms with Gasteiger partial charge in [0.2, 0.25) is 5.91 Å². The van der Waals surface area contributed by atoms with Gasteiger partial charge in [-0.15, -0.1) is 6.42 Å². The van der Waals surface area contributed by atoms with Crippen LogP contribution in [0.4, 0.5) is 0 Å². The minimum Gasteiger partial charge on any atom is -0.378 e. The van der Waals surface area contributed by atoms with E-state index in [0.717, 1.165) is 13.0 Å². The Morgan fingerprint density at radius 2 is 2.20 bits per heavy atom. The molecule has 0 radical (unpaired) electrons. The first-order valence-corrected chi connectivity index (χ1v) is 7.66. The molecule has 2 atom stereocenters. The van der Waals surface area contributed by atoms with Crippen LogP contribution in [0.3, 0.4) is 0 Å². The van der Waals surface area contributed by atoms with E-state index < -0.39 is 0 Å². The van der Waals surface area contributed by atoms with Crippen LogP contribution < -0.4 is 5.32 Å². The minimum atomic E-state index is 0.0125. The van der Waals surface area contributed by atoms with E-state index in [-0.39, 0.29) is 11.3 Å². The van der Waals surface area contributed by atoms with E-state index in [9.17, 15) is 4.79 Å². The Bertz CT molecular complexity index is 382. The summed E-state index contributed by atoms with van der Waals surface area (Å²) in [6.45, 7) is 3.58. The second kappa shape index (κ2) is 6.60. The molecule has 4 heteroatoms. The number of terminal acetylenes is 1. The smallest absolute Gasteiger partial charge is 0.234 e. The van der Waals surface area contributed by atoms with E-state index in [0.29, 0.717) is 25.2 Å². The third-order valence-corrected chi connectivity index (χ3v) is 4.96. The first kappa shape index (κ1) is 15.3. The predicted molar refractivity (Wildman–Crippen MR) is 79.2 cm³/mol. The van der Waals surface area contributed by atoms with Gasteiger partial charge in [0.1, 0.15) is 0 Å². The van der Waals surface area contributed by atoms with Gasteiger partial charge in [-0.1, -0.05) is 18.8 Å². The maximum Gasteiger partial charge on any atom is 0.234 e. The van der Waals surface area contributed by atoms with Crippen molar-refractivity contribution in [1.29, 1.82) is 0 Å². The summed E-state index contributed by atoms with van der Waals surface area (Å²) >= 11 is 0. The van der Waals surface area contributed by atoms with E-state index in [2.05, 4.69) is 23.1 Å². The van der Waals surface area contributed by atoms with Gasteiger partial charge in [0, 0.05) is 18.1 Å². The van der Waals surface area contributed by atoms with E-state index in [1.165, 1.54) is 25.7 Å². The molecule has 0 heterocycles. The maximum atomic E-state index is 11.8. The van der Waals surface area contributed by atoms with Crippen molar-refractivity contribution in [3.8, 4) is 12.3 Å². The molecule has 0 aromatic rings. The van der Waals surface area contributed by atoms with Gasteiger partial charge < -0.3 is 10.1 Å². The molecule has 0 aromatic carbocycles. The molecule has 20 heavy (non-hydrogen) atoms. The number of ether oxygens (including phenoxy) is 1. The number of hydrogen-bond acceptors (Lipinski definition) is 3. The summed E-state index contributed by atoms with van der Waals surface area (Å²) in [7, 11) is 2.04. The minimum absolute atomic E-state index is 0.0125. The molecule has 2 fully saturated rings. The number of hydrogen-bond donors (Lipinski definition) is 1. The zero-order valence-corrected chi connectivity index (χ0v) is 12.7. The van der Waals surface area contributed by atoms with Crippen LogP contribution >= 0.6 is 0 Å². The average Bonchev–Trinajstić information content (AvgIpc) is 2.92. The lowest BCUT2D eigenvalue weighted by Gasteiger charge is -2.57. The first-order chi connectivity index (χ1) is 9.64. The lowest BCUT2D eigenvalue weighted by Crippen LogP contribution is -2.63. The molecule has 0 aromatic heterocycles. The Morgan fingerprint density at radius 1 is 1.50 bits per heavy atom. The highest BCUT2D eigenvalue weighted by Gasteiger charge is 2.57. The molecule has 4 nitrogen and oxygen atoms in total. The zero-order valence-electron chi connectivity index (χ0n) is 12.7. The van der Waals surface area contributed by atoms with Crippen molar-refractivity contribution in [2.75, 3.05) is 26.7 Å². The summed E-state index contributed by atoms with van der Waals surface area (Å²) < 4.78 is 5.91. The van der Waals surface area contributed by atoms with Crippen LogP contribution in [-0.4, -0.2) is 49.7 Å². The SMILES string of the molecule is C#CCNC(=O)CN(C)C1CC(OCC)C12CCCC2. The molecule has 1 N–H and O–H groups in total. The summed E-state index contributed by atoms with van der Waals surface area (Å²) in [6, 6.07) is 0.470. The van der Waals surface area contributed by atoms with Gasteiger partial charge in [-0.2, -0.15) is 0 Å². The summed E-state index contributed by atoms with van der Waals surface area (Å²) in [5.74, 6) is 2.44. The van der Waals surface area contributed by atoms with Gasteiger partial charge in [-0.3, -0.25) is 9.69 Å². The zero-order chi connectivity index (χ0) is 14.6. The van der Waals surface area contributed by atoms with Crippen molar-refractivity contribution in [3.63, 3.8) is 0 Å². The van der Waals surface area contributed by atoms with Gasteiger partial charge in [-0.25, -0.2) is 0 Å². The van der Waals surface area contributed by atoms with Crippen molar-refractivity contribution in [3.05, 3.63) is 0 Å². The second-order valence-corrected chi connectivity index (χ2v) is 6.03. The lowest BCUT2D eigenvalue weighted by atomic mass is 9.60. The molecule has 2 unspecified atom stereocenters. The molecule has 2 saturated carbocycles. The van der Waals surface area contributed by atoms with E-state index in [1.54, 1.807) is 0 Å². The highest BCUT2D eigenvalue weighted by Crippen LogP contribution is 2.56. The van der Waals surface area contributed by atoms with Gasteiger partial charge in [0.05, 0.1) is 19.2 Å². The van der Waals surface area contributed by atoms with Crippen LogP contribution in [0, 0.1) is 17.8 Å². The Morgan fingerprint density at radius 3 is 2.80 bits per heavy atom. The molecule has 0 aliphatic heterocycles. The van der Waals surface area contributed by atoms with Gasteiger partial charge in [0.25, 0.3) is 0 Å². The third kappa shape index (κ3) is 2.84. The van der Waals surface area contributed by atoms with Crippen molar-refractivity contribution in [1.82, 2.24) is 10.2 Å². The highest BCUT2D eigenvalue weighted by molar-refractivity contribution is 5.78. The molecular weight excluding hydrogens is 252 g/mol. The molecule has 2 aliphatic carbocycles. The summed E-state index contributed by atoms with van der Waals surface area (Å²) in [6.07, 6.45) is 11.6. The number of likely N-dealkylation sites (N-methyl/N-ethyl adjacent to an activating group) is 1. The molecular formula is C16H26N2O2. The van der Waals surface area contributed by atoms with Crippen LogP contribution in [0.2, 0.25) is 0 Å².